The molecule has 160 valence electrons. The van der Waals surface area contributed by atoms with Crippen LogP contribution in [0.4, 0.5) is 0 Å². The Morgan fingerprint density at radius 2 is 1.90 bits per heavy atom. The van der Waals surface area contributed by atoms with Crippen LogP contribution in [0.5, 0.6) is 17.2 Å². The molecule has 0 fully saturated rings. The molecule has 0 saturated carbocycles. The van der Waals surface area contributed by atoms with E-state index in [1.54, 1.807) is 16.7 Å². The number of aromatic nitrogens is 3. The zero-order valence-corrected chi connectivity index (χ0v) is 17.3. The van der Waals surface area contributed by atoms with E-state index in [1.807, 2.05) is 0 Å². The van der Waals surface area contributed by atoms with Gasteiger partial charge in [-0.25, -0.2) is 9.48 Å². The molecule has 30 heavy (non-hydrogen) atoms. The summed E-state index contributed by atoms with van der Waals surface area (Å²) in [4.78, 5) is 25.1. The van der Waals surface area contributed by atoms with Crippen molar-refractivity contribution in [3.05, 3.63) is 34.0 Å². The second-order valence-corrected chi connectivity index (χ2v) is 6.91. The summed E-state index contributed by atoms with van der Waals surface area (Å²) >= 11 is 0. The molecule has 1 aromatic heterocycles. The lowest BCUT2D eigenvalue weighted by Gasteiger charge is -2.17. The summed E-state index contributed by atoms with van der Waals surface area (Å²) in [5, 5.41) is 16.5. The molecular weight excluding hydrogens is 390 g/mol. The number of nitrogens with zero attached hydrogens (tertiary/aromatic N) is 4. The zero-order valence-electron chi connectivity index (χ0n) is 17.3. The molecule has 0 radical (unpaired) electrons. The van der Waals surface area contributed by atoms with E-state index in [2.05, 4.69) is 16.5 Å². The highest BCUT2D eigenvalue weighted by Gasteiger charge is 2.22. The highest BCUT2D eigenvalue weighted by molar-refractivity contribution is 5.76. The van der Waals surface area contributed by atoms with Crippen molar-refractivity contribution in [2.45, 2.75) is 44.8 Å². The Hall–Kier alpha value is -3.48. The monoisotopic (exact) mass is 415 g/mol. The van der Waals surface area contributed by atoms with E-state index in [0.717, 1.165) is 30.4 Å². The second kappa shape index (κ2) is 9.35. The molecule has 1 amide bonds. The van der Waals surface area contributed by atoms with Crippen LogP contribution in [0.25, 0.3) is 0 Å². The molecule has 0 aliphatic carbocycles. The third kappa shape index (κ3) is 4.25. The predicted octanol–water partition coefficient (Wildman–Crippen LogP) is 1.18. The number of nitriles is 1. The summed E-state index contributed by atoms with van der Waals surface area (Å²) in [5.74, 6) is 1.33. The van der Waals surface area contributed by atoms with Crippen molar-refractivity contribution < 1.29 is 19.0 Å². The van der Waals surface area contributed by atoms with Gasteiger partial charge in [-0.3, -0.25) is 9.36 Å². The average molecular weight is 415 g/mol. The topological polar surface area (TPSA) is 120 Å². The van der Waals surface area contributed by atoms with Crippen molar-refractivity contribution in [2.75, 3.05) is 21.3 Å². The van der Waals surface area contributed by atoms with Crippen molar-refractivity contribution in [3.8, 4) is 23.3 Å². The van der Waals surface area contributed by atoms with E-state index >= 15 is 0 Å². The molecule has 1 aromatic carbocycles. The van der Waals surface area contributed by atoms with Crippen molar-refractivity contribution >= 4 is 5.91 Å². The second-order valence-electron chi connectivity index (χ2n) is 6.91. The van der Waals surface area contributed by atoms with Crippen LogP contribution in [0.2, 0.25) is 0 Å². The Kier molecular flexibility index (Phi) is 6.61. The van der Waals surface area contributed by atoms with Crippen molar-refractivity contribution in [1.82, 2.24) is 19.7 Å². The molecule has 10 nitrogen and oxygen atoms in total. The number of fused-ring (bicyclic) bond motifs is 1. The van der Waals surface area contributed by atoms with Gasteiger partial charge in [0.2, 0.25) is 11.7 Å². The molecule has 10 heteroatoms. The van der Waals surface area contributed by atoms with Crippen LogP contribution < -0.4 is 25.2 Å². The molecule has 1 aliphatic heterocycles. The van der Waals surface area contributed by atoms with E-state index < -0.39 is 11.9 Å². The summed E-state index contributed by atoms with van der Waals surface area (Å²) in [5.41, 5.74) is 0.164. The van der Waals surface area contributed by atoms with Crippen LogP contribution in [-0.2, 0) is 24.3 Å². The molecule has 0 bridgehead atoms. The van der Waals surface area contributed by atoms with Crippen molar-refractivity contribution in [2.24, 2.45) is 0 Å². The van der Waals surface area contributed by atoms with E-state index in [4.69, 9.17) is 14.2 Å². The molecule has 3 rings (SSSR count). The molecule has 0 spiro atoms. The van der Waals surface area contributed by atoms with Gasteiger partial charge >= 0.3 is 5.69 Å². The van der Waals surface area contributed by atoms with Crippen LogP contribution in [0.15, 0.2) is 16.9 Å². The van der Waals surface area contributed by atoms with E-state index in [1.165, 1.54) is 21.3 Å². The number of benzene rings is 1. The fourth-order valence-electron chi connectivity index (χ4n) is 3.53. The third-order valence-corrected chi connectivity index (χ3v) is 5.03. The number of rotatable bonds is 7. The van der Waals surface area contributed by atoms with Crippen LogP contribution in [0, 0.1) is 11.3 Å². The summed E-state index contributed by atoms with van der Waals surface area (Å²) < 4.78 is 18.7. The lowest BCUT2D eigenvalue weighted by Crippen LogP contribution is -2.35. The Morgan fingerprint density at radius 3 is 2.50 bits per heavy atom. The standard InChI is InChI=1S/C20H25N5O5/c1-28-15-9-13(10-16(29-2)19(15)30-3)14(11-21)22-18(26)12-25-20(27)24-8-6-4-5-7-17(24)23-25/h9-10,14H,4-8,12H2,1-3H3,(H,22,26). The quantitative estimate of drug-likeness (QED) is 0.721. The van der Waals surface area contributed by atoms with E-state index in [0.29, 0.717) is 35.2 Å². The van der Waals surface area contributed by atoms with Gasteiger partial charge in [-0.1, -0.05) is 6.42 Å². The Morgan fingerprint density at radius 1 is 1.20 bits per heavy atom. The first-order valence-corrected chi connectivity index (χ1v) is 9.67. The fraction of sp³-hybridized carbons (Fsp3) is 0.500. The van der Waals surface area contributed by atoms with Crippen LogP contribution in [0.3, 0.4) is 0 Å². The number of hydrogen-bond donors (Lipinski definition) is 1. The number of aryl methyl sites for hydroxylation is 1. The van der Waals surface area contributed by atoms with Crippen LogP contribution >= 0.6 is 0 Å². The first kappa shape index (κ1) is 21.2. The van der Waals surface area contributed by atoms with Gasteiger partial charge in [-0.15, -0.1) is 0 Å². The predicted molar refractivity (Wildman–Crippen MR) is 107 cm³/mol. The van der Waals surface area contributed by atoms with Gasteiger partial charge in [-0.05, 0) is 30.5 Å². The van der Waals surface area contributed by atoms with E-state index in [9.17, 15) is 14.9 Å². The summed E-state index contributed by atoms with van der Waals surface area (Å²) in [6.07, 6.45) is 3.67. The molecule has 0 saturated heterocycles. The maximum absolute atomic E-state index is 12.6. The number of ether oxygens (including phenoxy) is 3. The Labute approximate surface area is 174 Å². The largest absolute Gasteiger partial charge is 0.493 e. The highest BCUT2D eigenvalue weighted by Crippen LogP contribution is 2.39. The average Bonchev–Trinajstić information content (AvgIpc) is 2.92. The first-order valence-electron chi connectivity index (χ1n) is 9.67. The number of nitrogens with one attached hydrogen (secondary N) is 1. The Balaban J connectivity index is 1.79. The summed E-state index contributed by atoms with van der Waals surface area (Å²) in [7, 11) is 4.42. The zero-order chi connectivity index (χ0) is 21.7. The molecule has 1 aliphatic rings. The van der Waals surface area contributed by atoms with Gasteiger partial charge in [0, 0.05) is 13.0 Å². The molecule has 2 aromatic rings. The Bertz CT molecular complexity index is 995. The highest BCUT2D eigenvalue weighted by atomic mass is 16.5. The van der Waals surface area contributed by atoms with Crippen molar-refractivity contribution in [1.29, 1.82) is 5.26 Å². The van der Waals surface area contributed by atoms with Crippen molar-refractivity contribution in [3.63, 3.8) is 0 Å². The normalized spacial score (nSPS) is 14.1. The minimum atomic E-state index is -0.970. The first-order chi connectivity index (χ1) is 14.5. The minimum absolute atomic E-state index is 0.262. The smallest absolute Gasteiger partial charge is 0.346 e. The number of carbonyl (C=O) groups excluding carboxylic acids is 1. The van der Waals surface area contributed by atoms with Gasteiger partial charge < -0.3 is 19.5 Å². The number of methoxy groups -OCH3 is 3. The fourth-order valence-corrected chi connectivity index (χ4v) is 3.53. The number of hydrogen-bond acceptors (Lipinski definition) is 7. The lowest BCUT2D eigenvalue weighted by molar-refractivity contribution is -0.122. The van der Waals surface area contributed by atoms with Gasteiger partial charge in [-0.2, -0.15) is 10.4 Å². The third-order valence-electron chi connectivity index (χ3n) is 5.03. The molecule has 2 heterocycles. The van der Waals surface area contributed by atoms with E-state index in [-0.39, 0.29) is 12.2 Å². The maximum atomic E-state index is 12.6. The number of amides is 1. The summed E-state index contributed by atoms with van der Waals surface area (Å²) in [6, 6.07) is 4.28. The van der Waals surface area contributed by atoms with Gasteiger partial charge in [0.15, 0.2) is 11.5 Å². The van der Waals surface area contributed by atoms with Gasteiger partial charge in [0.05, 0.1) is 27.4 Å². The molecule has 1 atom stereocenters. The lowest BCUT2D eigenvalue weighted by atomic mass is 10.1. The van der Waals surface area contributed by atoms with Gasteiger partial charge in [0.1, 0.15) is 18.4 Å². The van der Waals surface area contributed by atoms with Crippen LogP contribution in [-0.4, -0.2) is 41.6 Å². The number of carbonyl (C=O) groups is 1. The molecule has 1 unspecified atom stereocenters. The SMILES string of the molecule is COc1cc(C(C#N)NC(=O)Cn2nc3n(c2=O)CCCCC3)cc(OC)c1OC. The molecule has 1 N–H and O–H groups in total. The van der Waals surface area contributed by atoms with Crippen LogP contribution in [0.1, 0.15) is 36.7 Å². The minimum Gasteiger partial charge on any atom is -0.493 e. The molecular formula is C20H25N5O5. The maximum Gasteiger partial charge on any atom is 0.346 e. The van der Waals surface area contributed by atoms with Gasteiger partial charge in [0.25, 0.3) is 0 Å². The summed E-state index contributed by atoms with van der Waals surface area (Å²) in [6.45, 7) is 0.351.